The van der Waals surface area contributed by atoms with Gasteiger partial charge < -0.3 is 9.47 Å². The molecule has 0 amide bonds. The van der Waals surface area contributed by atoms with Crippen LogP contribution in [-0.2, 0) is 24.2 Å². The Morgan fingerprint density at radius 2 is 2.00 bits per heavy atom. The average molecular weight is 391 g/mol. The number of ether oxygens (including phenoxy) is 2. The molecule has 0 radical (unpaired) electrons. The molecule has 1 aliphatic carbocycles. The summed E-state index contributed by atoms with van der Waals surface area (Å²) in [6.07, 6.45) is 3.04. The molecule has 8 heteroatoms. The van der Waals surface area contributed by atoms with Gasteiger partial charge in [0.05, 0.1) is 25.1 Å². The first kappa shape index (κ1) is 17.7. The summed E-state index contributed by atoms with van der Waals surface area (Å²) in [7, 11) is 3.25. The lowest BCUT2D eigenvalue weighted by atomic mass is 10.1. The molecule has 3 heterocycles. The van der Waals surface area contributed by atoms with Crippen molar-refractivity contribution in [3.8, 4) is 28.3 Å². The fraction of sp³-hybridized carbons (Fsp3) is 0.286. The number of fused-ring (bicyclic) bond motifs is 2. The highest BCUT2D eigenvalue weighted by atomic mass is 16.5. The summed E-state index contributed by atoms with van der Waals surface area (Å²) < 4.78 is 12.1. The molecule has 0 atom stereocenters. The Morgan fingerprint density at radius 1 is 1.17 bits per heavy atom. The third-order valence-electron chi connectivity index (χ3n) is 5.41. The van der Waals surface area contributed by atoms with Crippen molar-refractivity contribution in [2.24, 2.45) is 0 Å². The molecule has 0 saturated carbocycles. The van der Waals surface area contributed by atoms with E-state index in [-0.39, 0.29) is 5.56 Å². The number of hydrogen-bond acceptors (Lipinski definition) is 5. The second-order valence-electron chi connectivity index (χ2n) is 7.15. The van der Waals surface area contributed by atoms with E-state index in [1.807, 2.05) is 24.3 Å². The molecule has 8 nitrogen and oxygen atoms in total. The van der Waals surface area contributed by atoms with Crippen molar-refractivity contribution in [2.75, 3.05) is 14.2 Å². The van der Waals surface area contributed by atoms with E-state index < -0.39 is 0 Å². The van der Waals surface area contributed by atoms with Crippen LogP contribution < -0.4 is 10.3 Å². The second-order valence-corrected chi connectivity index (χ2v) is 7.15. The zero-order chi connectivity index (χ0) is 20.0. The predicted octanol–water partition coefficient (Wildman–Crippen LogP) is 2.72. The highest BCUT2D eigenvalue weighted by Gasteiger charge is 2.23. The van der Waals surface area contributed by atoms with Crippen molar-refractivity contribution in [3.63, 3.8) is 0 Å². The largest absolute Gasteiger partial charge is 0.497 e. The maximum atomic E-state index is 12.9. The predicted molar refractivity (Wildman–Crippen MR) is 108 cm³/mol. The fourth-order valence-electron chi connectivity index (χ4n) is 4.05. The molecule has 1 aromatic carbocycles. The van der Waals surface area contributed by atoms with Crippen molar-refractivity contribution in [3.05, 3.63) is 57.6 Å². The Hall–Kier alpha value is -3.39. The number of hydrogen-bond donors (Lipinski definition) is 2. The van der Waals surface area contributed by atoms with E-state index in [9.17, 15) is 4.79 Å². The van der Waals surface area contributed by atoms with Gasteiger partial charge in [-0.15, -0.1) is 0 Å². The molecule has 2 N–H and O–H groups in total. The zero-order valence-electron chi connectivity index (χ0n) is 16.3. The minimum absolute atomic E-state index is 0.183. The number of nitrogens with zero attached hydrogens (tertiary/aromatic N) is 3. The molecule has 0 bridgehead atoms. The molecule has 0 saturated heterocycles. The summed E-state index contributed by atoms with van der Waals surface area (Å²) in [4.78, 5) is 17.7. The van der Waals surface area contributed by atoms with Crippen molar-refractivity contribution < 1.29 is 9.47 Å². The van der Waals surface area contributed by atoms with Gasteiger partial charge in [-0.1, -0.05) is 12.1 Å². The van der Waals surface area contributed by atoms with Gasteiger partial charge in [-0.3, -0.25) is 15.0 Å². The molecule has 0 unspecified atom stereocenters. The van der Waals surface area contributed by atoms with E-state index in [0.29, 0.717) is 17.9 Å². The van der Waals surface area contributed by atoms with Crippen LogP contribution in [-0.4, -0.2) is 39.0 Å². The Balaban J connectivity index is 1.74. The van der Waals surface area contributed by atoms with Crippen molar-refractivity contribution in [1.29, 1.82) is 0 Å². The molecular weight excluding hydrogens is 370 g/mol. The van der Waals surface area contributed by atoms with Gasteiger partial charge in [-0.2, -0.15) is 5.10 Å². The zero-order valence-corrected chi connectivity index (χ0v) is 16.3. The third kappa shape index (κ3) is 2.84. The van der Waals surface area contributed by atoms with Crippen LogP contribution >= 0.6 is 0 Å². The molecule has 3 aromatic heterocycles. The lowest BCUT2D eigenvalue weighted by Gasteiger charge is -2.05. The molecular formula is C21H21N5O3. The summed E-state index contributed by atoms with van der Waals surface area (Å²) in [6, 6.07) is 9.21. The van der Waals surface area contributed by atoms with E-state index in [2.05, 4.69) is 15.3 Å². The Bertz CT molecular complexity index is 1250. The number of benzene rings is 1. The second kappa shape index (κ2) is 6.89. The van der Waals surface area contributed by atoms with E-state index in [0.717, 1.165) is 53.2 Å². The lowest BCUT2D eigenvalue weighted by molar-refractivity contribution is 0.181. The van der Waals surface area contributed by atoms with Gasteiger partial charge in [0.1, 0.15) is 11.4 Å². The standard InChI is InChI=1S/C21H21N5O3/c1-28-11-17-19(12-6-8-13(29-2)9-7-12)21-22-16(10-18(27)26(21)25-17)20-14-4-3-5-15(14)23-24-20/h6-10,25H,3-5,11H2,1-2H3,(H,23,24). The first-order valence-corrected chi connectivity index (χ1v) is 9.54. The lowest BCUT2D eigenvalue weighted by Crippen LogP contribution is -2.15. The van der Waals surface area contributed by atoms with E-state index in [4.69, 9.17) is 14.5 Å². The van der Waals surface area contributed by atoms with E-state index in [1.54, 1.807) is 14.2 Å². The van der Waals surface area contributed by atoms with Crippen LogP contribution in [0.2, 0.25) is 0 Å². The van der Waals surface area contributed by atoms with Crippen molar-refractivity contribution in [2.45, 2.75) is 25.9 Å². The fourth-order valence-corrected chi connectivity index (χ4v) is 4.05. The first-order chi connectivity index (χ1) is 14.2. The van der Waals surface area contributed by atoms with Crippen LogP contribution in [0.25, 0.3) is 28.2 Å². The summed E-state index contributed by atoms with van der Waals surface area (Å²) >= 11 is 0. The Kier molecular flexibility index (Phi) is 4.21. The number of aryl methyl sites for hydroxylation is 1. The van der Waals surface area contributed by atoms with Crippen LogP contribution in [0.1, 0.15) is 23.4 Å². The molecule has 5 rings (SSSR count). The normalized spacial score (nSPS) is 13.2. The molecule has 0 spiro atoms. The smallest absolute Gasteiger partial charge is 0.273 e. The topological polar surface area (TPSA) is 97.3 Å². The van der Waals surface area contributed by atoms with Crippen LogP contribution in [0.15, 0.2) is 35.1 Å². The molecule has 4 aromatic rings. The van der Waals surface area contributed by atoms with Crippen LogP contribution in [0.3, 0.4) is 0 Å². The molecule has 0 fully saturated rings. The molecule has 1 aliphatic rings. The number of rotatable bonds is 5. The highest BCUT2D eigenvalue weighted by Crippen LogP contribution is 2.32. The van der Waals surface area contributed by atoms with Gasteiger partial charge in [0.2, 0.25) is 0 Å². The average Bonchev–Trinajstić information content (AvgIpc) is 3.42. The van der Waals surface area contributed by atoms with E-state index >= 15 is 0 Å². The quantitative estimate of drug-likeness (QED) is 0.545. The first-order valence-electron chi connectivity index (χ1n) is 9.54. The third-order valence-corrected chi connectivity index (χ3v) is 5.41. The highest BCUT2D eigenvalue weighted by molar-refractivity contribution is 5.81. The molecule has 29 heavy (non-hydrogen) atoms. The number of aromatic nitrogens is 5. The maximum absolute atomic E-state index is 12.9. The van der Waals surface area contributed by atoms with Gasteiger partial charge in [0.15, 0.2) is 5.65 Å². The van der Waals surface area contributed by atoms with Gasteiger partial charge in [0.25, 0.3) is 5.56 Å². The maximum Gasteiger partial charge on any atom is 0.273 e. The summed E-state index contributed by atoms with van der Waals surface area (Å²) in [5.41, 5.74) is 6.59. The van der Waals surface area contributed by atoms with Crippen LogP contribution in [0.5, 0.6) is 5.75 Å². The monoisotopic (exact) mass is 391 g/mol. The minimum atomic E-state index is -0.183. The Morgan fingerprint density at radius 3 is 2.76 bits per heavy atom. The molecule has 148 valence electrons. The number of H-pyrrole nitrogens is 2. The number of methoxy groups -OCH3 is 2. The van der Waals surface area contributed by atoms with Crippen LogP contribution in [0, 0.1) is 0 Å². The summed E-state index contributed by atoms with van der Waals surface area (Å²) in [5.74, 6) is 0.764. The number of nitrogens with one attached hydrogen (secondary N) is 2. The van der Waals surface area contributed by atoms with Gasteiger partial charge >= 0.3 is 0 Å². The van der Waals surface area contributed by atoms with E-state index in [1.165, 1.54) is 16.1 Å². The van der Waals surface area contributed by atoms with Gasteiger partial charge in [0, 0.05) is 30.0 Å². The van der Waals surface area contributed by atoms with Crippen molar-refractivity contribution in [1.82, 2.24) is 24.8 Å². The molecule has 0 aliphatic heterocycles. The van der Waals surface area contributed by atoms with Gasteiger partial charge in [-0.25, -0.2) is 9.50 Å². The van der Waals surface area contributed by atoms with Gasteiger partial charge in [-0.05, 0) is 37.0 Å². The minimum Gasteiger partial charge on any atom is -0.497 e. The summed E-state index contributed by atoms with van der Waals surface area (Å²) in [5, 5.41) is 10.7. The van der Waals surface area contributed by atoms with Crippen LogP contribution in [0.4, 0.5) is 0 Å². The number of aromatic amines is 2. The summed E-state index contributed by atoms with van der Waals surface area (Å²) in [6.45, 7) is 0.331. The Labute approximate surface area is 166 Å². The van der Waals surface area contributed by atoms with Crippen molar-refractivity contribution >= 4 is 5.65 Å². The SMILES string of the molecule is COCc1[nH]n2c(=O)cc(-c3n[nH]c4c3CCC4)nc2c1-c1ccc(OC)cc1.